The predicted octanol–water partition coefficient (Wildman–Crippen LogP) is 3.65. The number of thioether (sulfide) groups is 1. The van der Waals surface area contributed by atoms with E-state index in [9.17, 15) is 9.90 Å². The lowest BCUT2D eigenvalue weighted by Crippen LogP contribution is -2.34. The summed E-state index contributed by atoms with van der Waals surface area (Å²) in [6, 6.07) is 19.7. The molecule has 2 atom stereocenters. The van der Waals surface area contributed by atoms with Crippen LogP contribution in [0, 0.1) is 5.92 Å². The predicted molar refractivity (Wildman–Crippen MR) is 95.4 cm³/mol. The summed E-state index contributed by atoms with van der Waals surface area (Å²) in [7, 11) is 0. The van der Waals surface area contributed by atoms with E-state index in [0.29, 0.717) is 6.42 Å². The summed E-state index contributed by atoms with van der Waals surface area (Å²) in [5.74, 6) is 0.664. The van der Waals surface area contributed by atoms with Crippen LogP contribution in [0.3, 0.4) is 0 Å². The average molecular weight is 329 g/mol. The highest BCUT2D eigenvalue weighted by atomic mass is 32.2. The molecule has 0 heterocycles. The van der Waals surface area contributed by atoms with Crippen molar-refractivity contribution in [2.75, 3.05) is 12.4 Å². The van der Waals surface area contributed by atoms with Gasteiger partial charge in [-0.3, -0.25) is 4.79 Å². The number of amides is 1. The Kier molecular flexibility index (Phi) is 7.17. The minimum Gasteiger partial charge on any atom is -0.396 e. The van der Waals surface area contributed by atoms with E-state index in [0.717, 1.165) is 11.3 Å². The molecule has 2 rings (SSSR count). The van der Waals surface area contributed by atoms with Crippen LogP contribution >= 0.6 is 11.8 Å². The third kappa shape index (κ3) is 5.73. The first-order chi connectivity index (χ1) is 11.2. The minimum atomic E-state index is -0.141. The molecule has 2 N–H and O–H groups in total. The fourth-order valence-corrected chi connectivity index (χ4v) is 3.21. The highest BCUT2D eigenvalue weighted by molar-refractivity contribution is 7.99. The molecule has 0 bridgehead atoms. The maximum atomic E-state index is 12.4. The standard InChI is InChI=1S/C19H23NO2S/c1-15(14-23-17-10-6-3-7-11-17)19(22)20-18(12-13-21)16-8-4-2-5-9-16/h2-11,15,18,21H,12-14H2,1H3,(H,20,22). The van der Waals surface area contributed by atoms with Crippen molar-refractivity contribution in [3.63, 3.8) is 0 Å². The molecule has 4 heteroatoms. The largest absolute Gasteiger partial charge is 0.396 e. The highest BCUT2D eigenvalue weighted by Crippen LogP contribution is 2.21. The zero-order valence-corrected chi connectivity index (χ0v) is 14.1. The number of nitrogens with one attached hydrogen (secondary N) is 1. The van der Waals surface area contributed by atoms with Gasteiger partial charge in [-0.2, -0.15) is 0 Å². The molecule has 23 heavy (non-hydrogen) atoms. The number of aliphatic hydroxyl groups is 1. The molecule has 2 unspecified atom stereocenters. The molecule has 0 aliphatic rings. The summed E-state index contributed by atoms with van der Waals surface area (Å²) in [6.07, 6.45) is 0.522. The smallest absolute Gasteiger partial charge is 0.224 e. The van der Waals surface area contributed by atoms with E-state index in [2.05, 4.69) is 5.32 Å². The van der Waals surface area contributed by atoms with E-state index >= 15 is 0 Å². The lowest BCUT2D eigenvalue weighted by molar-refractivity contribution is -0.124. The maximum Gasteiger partial charge on any atom is 0.224 e. The van der Waals surface area contributed by atoms with E-state index < -0.39 is 0 Å². The van der Waals surface area contributed by atoms with Crippen molar-refractivity contribution < 1.29 is 9.90 Å². The first kappa shape index (κ1) is 17.6. The summed E-state index contributed by atoms with van der Waals surface area (Å²) in [5, 5.41) is 12.3. The third-order valence-corrected chi connectivity index (χ3v) is 4.90. The van der Waals surface area contributed by atoms with Crippen LogP contribution in [0.5, 0.6) is 0 Å². The Bertz CT molecular complexity index is 589. The molecule has 0 aromatic heterocycles. The SMILES string of the molecule is CC(CSc1ccccc1)C(=O)NC(CCO)c1ccccc1. The van der Waals surface area contributed by atoms with Crippen LogP contribution in [0.2, 0.25) is 0 Å². The lowest BCUT2D eigenvalue weighted by Gasteiger charge is -2.21. The van der Waals surface area contributed by atoms with E-state index in [1.807, 2.05) is 67.6 Å². The fraction of sp³-hybridized carbons (Fsp3) is 0.316. The van der Waals surface area contributed by atoms with Crippen molar-refractivity contribution in [2.24, 2.45) is 5.92 Å². The summed E-state index contributed by atoms with van der Waals surface area (Å²) in [4.78, 5) is 13.6. The molecule has 0 fully saturated rings. The van der Waals surface area contributed by atoms with Gasteiger partial charge in [0.1, 0.15) is 0 Å². The van der Waals surface area contributed by atoms with E-state index in [1.165, 1.54) is 4.90 Å². The van der Waals surface area contributed by atoms with Gasteiger partial charge >= 0.3 is 0 Å². The van der Waals surface area contributed by atoms with Gasteiger partial charge in [-0.15, -0.1) is 11.8 Å². The number of hydrogen-bond acceptors (Lipinski definition) is 3. The number of hydrogen-bond donors (Lipinski definition) is 2. The third-order valence-electron chi connectivity index (χ3n) is 3.63. The van der Waals surface area contributed by atoms with Gasteiger partial charge in [0.25, 0.3) is 0 Å². The maximum absolute atomic E-state index is 12.4. The Hall–Kier alpha value is -1.78. The van der Waals surface area contributed by atoms with Crippen molar-refractivity contribution >= 4 is 17.7 Å². The Labute approximate surface area is 142 Å². The van der Waals surface area contributed by atoms with Crippen LogP contribution in [0.4, 0.5) is 0 Å². The van der Waals surface area contributed by atoms with Gasteiger partial charge in [0.2, 0.25) is 5.91 Å². The number of benzene rings is 2. The summed E-state index contributed by atoms with van der Waals surface area (Å²) < 4.78 is 0. The number of carbonyl (C=O) groups is 1. The van der Waals surface area contributed by atoms with Gasteiger partial charge in [-0.1, -0.05) is 55.5 Å². The van der Waals surface area contributed by atoms with Gasteiger partial charge in [-0.25, -0.2) is 0 Å². The molecule has 0 saturated carbocycles. The monoisotopic (exact) mass is 329 g/mol. The second-order valence-corrected chi connectivity index (χ2v) is 6.60. The molecule has 0 aliphatic carbocycles. The first-order valence-corrected chi connectivity index (χ1v) is 8.83. The molecule has 0 saturated heterocycles. The Morgan fingerprint density at radius 2 is 1.70 bits per heavy atom. The van der Waals surface area contributed by atoms with Crippen molar-refractivity contribution in [2.45, 2.75) is 24.3 Å². The molecule has 122 valence electrons. The van der Waals surface area contributed by atoms with Gasteiger partial charge < -0.3 is 10.4 Å². The molecular weight excluding hydrogens is 306 g/mol. The van der Waals surface area contributed by atoms with Crippen LogP contribution in [0.25, 0.3) is 0 Å². The number of aliphatic hydroxyl groups excluding tert-OH is 1. The second kappa shape index (κ2) is 9.38. The summed E-state index contributed by atoms with van der Waals surface area (Å²) in [5.41, 5.74) is 1.03. The van der Waals surface area contributed by atoms with Crippen LogP contribution < -0.4 is 5.32 Å². The number of carbonyl (C=O) groups excluding carboxylic acids is 1. The lowest BCUT2D eigenvalue weighted by atomic mass is 10.0. The topological polar surface area (TPSA) is 49.3 Å². The zero-order valence-electron chi connectivity index (χ0n) is 13.3. The zero-order chi connectivity index (χ0) is 16.5. The van der Waals surface area contributed by atoms with Crippen molar-refractivity contribution in [1.29, 1.82) is 0 Å². The molecule has 2 aromatic carbocycles. The van der Waals surface area contributed by atoms with Crippen molar-refractivity contribution in [1.82, 2.24) is 5.32 Å². The van der Waals surface area contributed by atoms with Crippen molar-refractivity contribution in [3.05, 3.63) is 66.2 Å². The summed E-state index contributed by atoms with van der Waals surface area (Å²) in [6.45, 7) is 1.99. The molecule has 3 nitrogen and oxygen atoms in total. The van der Waals surface area contributed by atoms with Crippen molar-refractivity contribution in [3.8, 4) is 0 Å². The molecule has 1 amide bonds. The highest BCUT2D eigenvalue weighted by Gasteiger charge is 2.18. The first-order valence-electron chi connectivity index (χ1n) is 7.84. The van der Waals surface area contributed by atoms with Crippen LogP contribution in [0.1, 0.15) is 24.9 Å². The average Bonchev–Trinajstić information content (AvgIpc) is 2.61. The summed E-state index contributed by atoms with van der Waals surface area (Å²) >= 11 is 1.68. The second-order valence-electron chi connectivity index (χ2n) is 5.51. The van der Waals surface area contributed by atoms with Gasteiger partial charge in [-0.05, 0) is 24.1 Å². The molecule has 0 spiro atoms. The van der Waals surface area contributed by atoms with Crippen LogP contribution in [0.15, 0.2) is 65.6 Å². The Morgan fingerprint density at radius 3 is 2.30 bits per heavy atom. The molecular formula is C19H23NO2S. The normalized spacial score (nSPS) is 13.3. The van der Waals surface area contributed by atoms with Gasteiger partial charge in [0, 0.05) is 23.2 Å². The molecule has 2 aromatic rings. The van der Waals surface area contributed by atoms with Gasteiger partial charge in [0.05, 0.1) is 6.04 Å². The molecule has 0 radical (unpaired) electrons. The van der Waals surface area contributed by atoms with E-state index in [4.69, 9.17) is 0 Å². The van der Waals surface area contributed by atoms with Crippen LogP contribution in [-0.4, -0.2) is 23.4 Å². The Morgan fingerprint density at radius 1 is 1.09 bits per heavy atom. The quantitative estimate of drug-likeness (QED) is 0.727. The molecule has 0 aliphatic heterocycles. The van der Waals surface area contributed by atoms with E-state index in [1.54, 1.807) is 11.8 Å². The fourth-order valence-electron chi connectivity index (χ4n) is 2.26. The van der Waals surface area contributed by atoms with Crippen LogP contribution in [-0.2, 0) is 4.79 Å². The minimum absolute atomic E-state index is 0.0238. The van der Waals surface area contributed by atoms with Gasteiger partial charge in [0.15, 0.2) is 0 Å². The van der Waals surface area contributed by atoms with E-state index in [-0.39, 0.29) is 24.5 Å². The Balaban J connectivity index is 1.90. The number of rotatable bonds is 8.